The lowest BCUT2D eigenvalue weighted by Gasteiger charge is -2.34. The van der Waals surface area contributed by atoms with Crippen LogP contribution in [0.2, 0.25) is 5.02 Å². The van der Waals surface area contributed by atoms with Gasteiger partial charge in [0.05, 0.1) is 11.3 Å². The molecular formula is C23H24ClN3O4S. The standard InChI is InChI=1S/C23H24ClN3O4S/c24-19-8-9-20(21(17-19)27-11-4-7-22(27)28)23(29)25-12-14-26(15-13-25)32(30,31)16-10-18-5-2-1-3-6-18/h1-3,5-6,8-10,16-17H,4,7,11-15H2/b16-10+. The highest BCUT2D eigenvalue weighted by atomic mass is 35.5. The molecule has 9 heteroatoms. The lowest BCUT2D eigenvalue weighted by atomic mass is 10.1. The number of benzene rings is 2. The number of carbonyl (C=O) groups is 2. The van der Waals surface area contributed by atoms with Crippen molar-refractivity contribution in [3.05, 3.63) is 70.1 Å². The number of halogens is 1. The number of rotatable bonds is 5. The molecule has 2 aliphatic heterocycles. The number of piperazine rings is 1. The van der Waals surface area contributed by atoms with E-state index in [2.05, 4.69) is 0 Å². The Bertz CT molecular complexity index is 1140. The number of nitrogens with zero attached hydrogens (tertiary/aromatic N) is 3. The summed E-state index contributed by atoms with van der Waals surface area (Å²) in [5, 5.41) is 1.66. The maximum absolute atomic E-state index is 13.2. The summed E-state index contributed by atoms with van der Waals surface area (Å²) in [6.45, 7) is 1.51. The van der Waals surface area contributed by atoms with Crippen molar-refractivity contribution in [1.29, 1.82) is 0 Å². The van der Waals surface area contributed by atoms with Gasteiger partial charge in [0.2, 0.25) is 15.9 Å². The molecule has 0 saturated carbocycles. The molecule has 4 rings (SSSR count). The normalized spacial score (nSPS) is 18.0. The molecule has 2 fully saturated rings. The first-order valence-corrected chi connectivity index (χ1v) is 12.4. The van der Waals surface area contributed by atoms with Gasteiger partial charge < -0.3 is 9.80 Å². The topological polar surface area (TPSA) is 78.0 Å². The molecule has 2 aromatic rings. The molecule has 2 heterocycles. The summed E-state index contributed by atoms with van der Waals surface area (Å²) in [6, 6.07) is 14.1. The number of amides is 2. The van der Waals surface area contributed by atoms with E-state index in [1.54, 1.807) is 34.1 Å². The Kier molecular flexibility index (Phi) is 6.64. The molecule has 2 saturated heterocycles. The van der Waals surface area contributed by atoms with Crippen molar-refractivity contribution in [3.8, 4) is 0 Å². The van der Waals surface area contributed by atoms with Gasteiger partial charge >= 0.3 is 0 Å². The van der Waals surface area contributed by atoms with Crippen LogP contribution in [0.15, 0.2) is 53.9 Å². The van der Waals surface area contributed by atoms with Gasteiger partial charge in [-0.3, -0.25) is 9.59 Å². The van der Waals surface area contributed by atoms with E-state index in [9.17, 15) is 18.0 Å². The van der Waals surface area contributed by atoms with Crippen LogP contribution in [0, 0.1) is 0 Å². The third kappa shape index (κ3) is 4.87. The largest absolute Gasteiger partial charge is 0.336 e. The summed E-state index contributed by atoms with van der Waals surface area (Å²) >= 11 is 6.13. The maximum atomic E-state index is 13.2. The second-order valence-corrected chi connectivity index (χ2v) is 10.0. The second kappa shape index (κ2) is 9.44. The van der Waals surface area contributed by atoms with Crippen LogP contribution >= 0.6 is 11.6 Å². The molecule has 7 nitrogen and oxygen atoms in total. The summed E-state index contributed by atoms with van der Waals surface area (Å²) in [5.74, 6) is -0.254. The van der Waals surface area contributed by atoms with Crippen molar-refractivity contribution in [2.24, 2.45) is 0 Å². The first-order chi connectivity index (χ1) is 15.3. The molecule has 32 heavy (non-hydrogen) atoms. The molecule has 2 aromatic carbocycles. The van der Waals surface area contributed by atoms with Crippen LogP contribution < -0.4 is 4.90 Å². The number of sulfonamides is 1. The van der Waals surface area contributed by atoms with Gasteiger partial charge in [-0.25, -0.2) is 8.42 Å². The minimum atomic E-state index is -3.58. The monoisotopic (exact) mass is 473 g/mol. The molecule has 2 aliphatic rings. The van der Waals surface area contributed by atoms with E-state index in [1.807, 2.05) is 30.3 Å². The van der Waals surface area contributed by atoms with Gasteiger partial charge in [-0.05, 0) is 36.3 Å². The fourth-order valence-corrected chi connectivity index (χ4v) is 5.28. The molecule has 168 valence electrons. The lowest BCUT2D eigenvalue weighted by molar-refractivity contribution is -0.117. The smallest absolute Gasteiger partial charge is 0.256 e. The van der Waals surface area contributed by atoms with Crippen molar-refractivity contribution in [2.75, 3.05) is 37.6 Å². The van der Waals surface area contributed by atoms with Gasteiger partial charge in [-0.15, -0.1) is 0 Å². The summed E-state index contributed by atoms with van der Waals surface area (Å²) in [4.78, 5) is 28.7. The molecule has 0 radical (unpaired) electrons. The van der Waals surface area contributed by atoms with Crippen molar-refractivity contribution in [2.45, 2.75) is 12.8 Å². The highest BCUT2D eigenvalue weighted by Gasteiger charge is 2.31. The molecule has 0 N–H and O–H groups in total. The SMILES string of the molecule is O=C(c1ccc(Cl)cc1N1CCCC1=O)N1CCN(S(=O)(=O)/C=C/c2ccccc2)CC1. The van der Waals surface area contributed by atoms with Crippen molar-refractivity contribution < 1.29 is 18.0 Å². The van der Waals surface area contributed by atoms with Crippen molar-refractivity contribution >= 4 is 45.2 Å². The quantitative estimate of drug-likeness (QED) is 0.668. The van der Waals surface area contributed by atoms with Gasteiger partial charge in [0.25, 0.3) is 5.91 Å². The molecule has 0 bridgehead atoms. The Labute approximate surface area is 192 Å². The Hall–Kier alpha value is -2.68. The van der Waals surface area contributed by atoms with E-state index >= 15 is 0 Å². The molecular weight excluding hydrogens is 450 g/mol. The Morgan fingerprint density at radius 3 is 2.34 bits per heavy atom. The van der Waals surface area contributed by atoms with Crippen LogP contribution in [0.1, 0.15) is 28.8 Å². The number of anilines is 1. The second-order valence-electron chi connectivity index (χ2n) is 7.76. The molecule has 0 spiro atoms. The van der Waals surface area contributed by atoms with E-state index in [0.717, 1.165) is 12.0 Å². The Balaban J connectivity index is 1.45. The Morgan fingerprint density at radius 1 is 0.969 bits per heavy atom. The molecule has 0 aromatic heterocycles. The summed E-state index contributed by atoms with van der Waals surface area (Å²) in [7, 11) is -3.58. The highest BCUT2D eigenvalue weighted by molar-refractivity contribution is 7.92. The highest BCUT2D eigenvalue weighted by Crippen LogP contribution is 2.30. The third-order valence-electron chi connectivity index (χ3n) is 5.67. The Morgan fingerprint density at radius 2 is 1.69 bits per heavy atom. The van der Waals surface area contributed by atoms with Crippen molar-refractivity contribution in [1.82, 2.24) is 9.21 Å². The first-order valence-electron chi connectivity index (χ1n) is 10.5. The van der Waals surface area contributed by atoms with E-state index in [-0.39, 0.29) is 38.0 Å². The maximum Gasteiger partial charge on any atom is 0.256 e. The van der Waals surface area contributed by atoms with Crippen LogP contribution in [0.5, 0.6) is 0 Å². The van der Waals surface area contributed by atoms with Gasteiger partial charge in [-0.2, -0.15) is 4.31 Å². The van der Waals surface area contributed by atoms with E-state index < -0.39 is 10.0 Å². The summed E-state index contributed by atoms with van der Waals surface area (Å²) in [6.07, 6.45) is 2.76. The van der Waals surface area contributed by atoms with Crippen molar-refractivity contribution in [3.63, 3.8) is 0 Å². The fraction of sp³-hybridized carbons (Fsp3) is 0.304. The minimum Gasteiger partial charge on any atom is -0.336 e. The average Bonchev–Trinajstić information content (AvgIpc) is 3.24. The van der Waals surface area contributed by atoms with E-state index in [1.165, 1.54) is 9.71 Å². The molecule has 2 amide bonds. The fourth-order valence-electron chi connectivity index (χ4n) is 3.94. The summed E-state index contributed by atoms with van der Waals surface area (Å²) < 4.78 is 26.7. The zero-order valence-electron chi connectivity index (χ0n) is 17.5. The lowest BCUT2D eigenvalue weighted by Crippen LogP contribution is -2.50. The minimum absolute atomic E-state index is 0.0255. The average molecular weight is 474 g/mol. The molecule has 0 atom stereocenters. The van der Waals surface area contributed by atoms with Gasteiger partial charge in [-0.1, -0.05) is 41.9 Å². The summed E-state index contributed by atoms with van der Waals surface area (Å²) in [5.41, 5.74) is 1.73. The van der Waals surface area contributed by atoms with Crippen LogP contribution in [0.4, 0.5) is 5.69 Å². The van der Waals surface area contributed by atoms with Crippen LogP contribution in [0.25, 0.3) is 6.08 Å². The van der Waals surface area contributed by atoms with E-state index in [4.69, 9.17) is 11.6 Å². The van der Waals surface area contributed by atoms with Gasteiger partial charge in [0, 0.05) is 49.6 Å². The molecule has 0 aliphatic carbocycles. The van der Waals surface area contributed by atoms with Gasteiger partial charge in [0.15, 0.2) is 0 Å². The van der Waals surface area contributed by atoms with Crippen LogP contribution in [-0.2, 0) is 14.8 Å². The molecule has 0 unspecified atom stereocenters. The third-order valence-corrected chi connectivity index (χ3v) is 7.47. The van der Waals surface area contributed by atoms with E-state index in [0.29, 0.717) is 29.2 Å². The predicted molar refractivity (Wildman–Crippen MR) is 125 cm³/mol. The zero-order valence-corrected chi connectivity index (χ0v) is 19.1. The van der Waals surface area contributed by atoms with Crippen LogP contribution in [-0.4, -0.2) is 62.2 Å². The zero-order chi connectivity index (χ0) is 22.7. The van der Waals surface area contributed by atoms with Crippen LogP contribution in [0.3, 0.4) is 0 Å². The van der Waals surface area contributed by atoms with Gasteiger partial charge in [0.1, 0.15) is 0 Å². The number of carbonyl (C=O) groups excluding carboxylic acids is 2. The number of hydrogen-bond acceptors (Lipinski definition) is 4. The number of hydrogen-bond donors (Lipinski definition) is 0. The first kappa shape index (κ1) is 22.5. The predicted octanol–water partition coefficient (Wildman–Crippen LogP) is 3.23.